The molecular formula is C16H25N3O2. The van der Waals surface area contributed by atoms with Gasteiger partial charge in [0.05, 0.1) is 5.69 Å². The number of aromatic nitrogens is 2. The first-order valence-corrected chi connectivity index (χ1v) is 8.02. The fourth-order valence-electron chi connectivity index (χ4n) is 3.30. The number of methoxy groups -OCH3 is 1. The third-order valence-corrected chi connectivity index (χ3v) is 4.61. The summed E-state index contributed by atoms with van der Waals surface area (Å²) in [7, 11) is 1.77. The minimum absolute atomic E-state index is 0.368. The lowest BCUT2D eigenvalue weighted by atomic mass is 9.91. The molecule has 2 aliphatic heterocycles. The van der Waals surface area contributed by atoms with E-state index in [-0.39, 0.29) is 5.60 Å². The number of rotatable bonds is 4. The summed E-state index contributed by atoms with van der Waals surface area (Å²) in [5.41, 5.74) is 3.38. The van der Waals surface area contributed by atoms with E-state index >= 15 is 0 Å². The van der Waals surface area contributed by atoms with Crippen molar-refractivity contribution in [3.8, 4) is 0 Å². The third-order valence-electron chi connectivity index (χ3n) is 4.61. The quantitative estimate of drug-likeness (QED) is 0.915. The molecule has 21 heavy (non-hydrogen) atoms. The monoisotopic (exact) mass is 291 g/mol. The van der Waals surface area contributed by atoms with E-state index in [1.54, 1.807) is 7.11 Å². The maximum atomic E-state index is 5.86. The molecule has 0 amide bonds. The van der Waals surface area contributed by atoms with Crippen LogP contribution in [0.1, 0.15) is 49.0 Å². The fourth-order valence-corrected chi connectivity index (χ4v) is 3.30. The van der Waals surface area contributed by atoms with E-state index in [0.717, 1.165) is 69.9 Å². The molecule has 116 valence electrons. The first-order valence-electron chi connectivity index (χ1n) is 8.02. The summed E-state index contributed by atoms with van der Waals surface area (Å²) in [6.07, 6.45) is 4.84. The Hall–Kier alpha value is -1.04. The number of nitrogens with zero attached hydrogens (tertiary/aromatic N) is 2. The van der Waals surface area contributed by atoms with Crippen LogP contribution in [0.3, 0.4) is 0 Å². The largest absolute Gasteiger partial charge is 0.381 e. The van der Waals surface area contributed by atoms with Crippen LogP contribution in [0.2, 0.25) is 0 Å². The molecule has 5 nitrogen and oxygen atoms in total. The topological polar surface area (TPSA) is 56.3 Å². The van der Waals surface area contributed by atoms with E-state index in [0.29, 0.717) is 0 Å². The van der Waals surface area contributed by atoms with Crippen molar-refractivity contribution >= 4 is 0 Å². The van der Waals surface area contributed by atoms with Crippen molar-refractivity contribution in [1.29, 1.82) is 0 Å². The Morgan fingerprint density at radius 1 is 1.29 bits per heavy atom. The Balaban J connectivity index is 2.03. The zero-order valence-electron chi connectivity index (χ0n) is 13.1. The maximum Gasteiger partial charge on any atom is 0.161 e. The van der Waals surface area contributed by atoms with Gasteiger partial charge >= 0.3 is 0 Å². The summed E-state index contributed by atoms with van der Waals surface area (Å²) >= 11 is 0. The molecule has 0 aromatic carbocycles. The molecule has 1 saturated heterocycles. The molecule has 0 spiro atoms. The van der Waals surface area contributed by atoms with Crippen molar-refractivity contribution in [2.24, 2.45) is 0 Å². The van der Waals surface area contributed by atoms with Crippen LogP contribution in [0.4, 0.5) is 0 Å². The van der Waals surface area contributed by atoms with Gasteiger partial charge < -0.3 is 14.8 Å². The normalized spacial score (nSPS) is 21.0. The molecule has 0 saturated carbocycles. The second-order valence-corrected chi connectivity index (χ2v) is 5.91. The highest BCUT2D eigenvalue weighted by molar-refractivity contribution is 5.30. The van der Waals surface area contributed by atoms with Gasteiger partial charge in [-0.3, -0.25) is 0 Å². The van der Waals surface area contributed by atoms with Crippen molar-refractivity contribution in [3.63, 3.8) is 0 Å². The number of ether oxygens (including phenoxy) is 2. The van der Waals surface area contributed by atoms with Crippen molar-refractivity contribution in [2.75, 3.05) is 26.9 Å². The smallest absolute Gasteiger partial charge is 0.161 e. The van der Waals surface area contributed by atoms with Crippen molar-refractivity contribution in [1.82, 2.24) is 15.3 Å². The van der Waals surface area contributed by atoms with Crippen LogP contribution in [0.15, 0.2) is 0 Å². The standard InChI is InChI=1S/C16H25N3O2/c1-3-4-13-12-5-8-17-11-14(12)19-15(18-13)16(20-2)6-9-21-10-7-16/h17H,3-11H2,1-2H3. The molecule has 0 unspecified atom stereocenters. The highest BCUT2D eigenvalue weighted by atomic mass is 16.5. The number of fused-ring (bicyclic) bond motifs is 1. The van der Waals surface area contributed by atoms with Crippen LogP contribution in [0.5, 0.6) is 0 Å². The lowest BCUT2D eigenvalue weighted by molar-refractivity contribution is -0.100. The first-order chi connectivity index (χ1) is 10.3. The second kappa shape index (κ2) is 6.38. The van der Waals surface area contributed by atoms with E-state index in [1.807, 2.05) is 0 Å². The fraction of sp³-hybridized carbons (Fsp3) is 0.750. The lowest BCUT2D eigenvalue weighted by Gasteiger charge is -2.35. The van der Waals surface area contributed by atoms with Gasteiger partial charge in [0, 0.05) is 45.4 Å². The summed E-state index contributed by atoms with van der Waals surface area (Å²) in [4.78, 5) is 9.79. The van der Waals surface area contributed by atoms with Crippen LogP contribution in [0.25, 0.3) is 0 Å². The Bertz CT molecular complexity index is 499. The summed E-state index contributed by atoms with van der Waals surface area (Å²) in [5.74, 6) is 0.860. The van der Waals surface area contributed by atoms with Crippen LogP contribution in [-0.2, 0) is 34.5 Å². The van der Waals surface area contributed by atoms with E-state index in [1.165, 1.54) is 11.3 Å². The molecule has 1 fully saturated rings. The average molecular weight is 291 g/mol. The minimum Gasteiger partial charge on any atom is -0.381 e. The maximum absolute atomic E-state index is 5.86. The number of aryl methyl sites for hydroxylation is 1. The van der Waals surface area contributed by atoms with Crippen LogP contribution in [-0.4, -0.2) is 36.8 Å². The zero-order valence-corrected chi connectivity index (χ0v) is 13.1. The van der Waals surface area contributed by atoms with Crippen LogP contribution < -0.4 is 5.32 Å². The predicted octanol–water partition coefficient (Wildman–Crippen LogP) is 1.73. The molecule has 3 heterocycles. The second-order valence-electron chi connectivity index (χ2n) is 5.91. The van der Waals surface area contributed by atoms with Gasteiger partial charge in [-0.15, -0.1) is 0 Å². The summed E-state index contributed by atoms with van der Waals surface area (Å²) in [6, 6.07) is 0. The van der Waals surface area contributed by atoms with Gasteiger partial charge in [-0.05, 0) is 24.9 Å². The van der Waals surface area contributed by atoms with Crippen LogP contribution >= 0.6 is 0 Å². The molecule has 0 atom stereocenters. The van der Waals surface area contributed by atoms with Crippen LogP contribution in [0, 0.1) is 0 Å². The zero-order chi connectivity index (χ0) is 14.7. The van der Waals surface area contributed by atoms with Gasteiger partial charge in [0.2, 0.25) is 0 Å². The molecule has 5 heteroatoms. The highest BCUT2D eigenvalue weighted by Gasteiger charge is 2.38. The third kappa shape index (κ3) is 2.82. The number of nitrogens with one attached hydrogen (secondary N) is 1. The van der Waals surface area contributed by atoms with E-state index in [9.17, 15) is 0 Å². The van der Waals surface area contributed by atoms with Gasteiger partial charge in [0.25, 0.3) is 0 Å². The summed E-state index contributed by atoms with van der Waals surface area (Å²) in [5, 5.41) is 3.42. The minimum atomic E-state index is -0.368. The van der Waals surface area contributed by atoms with Gasteiger partial charge in [-0.25, -0.2) is 9.97 Å². The Labute approximate surface area is 126 Å². The van der Waals surface area contributed by atoms with Gasteiger partial charge in [-0.2, -0.15) is 0 Å². The molecule has 1 N–H and O–H groups in total. The molecule has 0 radical (unpaired) electrons. The predicted molar refractivity (Wildman–Crippen MR) is 80.2 cm³/mol. The Kier molecular flexibility index (Phi) is 4.52. The molecular weight excluding hydrogens is 266 g/mol. The van der Waals surface area contributed by atoms with Crippen molar-refractivity contribution < 1.29 is 9.47 Å². The lowest BCUT2D eigenvalue weighted by Crippen LogP contribution is -2.39. The van der Waals surface area contributed by atoms with Crippen molar-refractivity contribution in [2.45, 2.75) is 51.2 Å². The summed E-state index contributed by atoms with van der Waals surface area (Å²) < 4.78 is 11.4. The van der Waals surface area contributed by atoms with Crippen molar-refractivity contribution in [3.05, 3.63) is 22.8 Å². The summed E-state index contributed by atoms with van der Waals surface area (Å²) in [6.45, 7) is 5.51. The molecule has 1 aromatic rings. The SMILES string of the molecule is CCCc1nc(C2(OC)CCOCC2)nc2c1CCNC2. The average Bonchev–Trinajstić information content (AvgIpc) is 2.55. The number of hydrogen-bond donors (Lipinski definition) is 1. The molecule has 1 aromatic heterocycles. The molecule has 2 aliphatic rings. The first kappa shape index (κ1) is 14.9. The Morgan fingerprint density at radius 2 is 2.10 bits per heavy atom. The Morgan fingerprint density at radius 3 is 2.81 bits per heavy atom. The van der Waals surface area contributed by atoms with Gasteiger partial charge in [0.1, 0.15) is 5.60 Å². The van der Waals surface area contributed by atoms with Gasteiger partial charge in [0.15, 0.2) is 5.82 Å². The van der Waals surface area contributed by atoms with E-state index < -0.39 is 0 Å². The molecule has 0 aliphatic carbocycles. The van der Waals surface area contributed by atoms with E-state index in [4.69, 9.17) is 19.4 Å². The molecule has 0 bridgehead atoms. The highest BCUT2D eigenvalue weighted by Crippen LogP contribution is 2.34. The number of hydrogen-bond acceptors (Lipinski definition) is 5. The van der Waals surface area contributed by atoms with E-state index in [2.05, 4.69) is 12.2 Å². The van der Waals surface area contributed by atoms with Gasteiger partial charge in [-0.1, -0.05) is 13.3 Å². The molecule has 3 rings (SSSR count).